The summed E-state index contributed by atoms with van der Waals surface area (Å²) in [7, 11) is 1.59. The van der Waals surface area contributed by atoms with E-state index in [4.69, 9.17) is 4.74 Å². The number of pyridine rings is 2. The van der Waals surface area contributed by atoms with Gasteiger partial charge in [-0.05, 0) is 18.9 Å². The average Bonchev–Trinajstić information content (AvgIpc) is 3.44. The Kier molecular flexibility index (Phi) is 4.86. The number of anilines is 3. The third-order valence-corrected chi connectivity index (χ3v) is 5.28. The molecule has 1 fully saturated rings. The first-order valence-corrected chi connectivity index (χ1v) is 9.28. The molecule has 0 radical (unpaired) electrons. The maximum absolute atomic E-state index is 13.0. The Labute approximate surface area is 167 Å². The molecule has 1 aliphatic carbocycles. The van der Waals surface area contributed by atoms with Crippen LogP contribution < -0.4 is 15.5 Å². The molecule has 0 aromatic carbocycles. The van der Waals surface area contributed by atoms with E-state index in [-0.39, 0.29) is 11.4 Å². The fourth-order valence-electron chi connectivity index (χ4n) is 3.58. The summed E-state index contributed by atoms with van der Waals surface area (Å²) in [4.78, 5) is 34.2. The van der Waals surface area contributed by atoms with Crippen molar-refractivity contribution in [2.75, 3.05) is 42.3 Å². The van der Waals surface area contributed by atoms with Crippen LogP contribution in [0.1, 0.15) is 34.5 Å². The topological polar surface area (TPSA) is 120 Å². The van der Waals surface area contributed by atoms with Gasteiger partial charge in [0.1, 0.15) is 23.4 Å². The minimum atomic E-state index is -0.370. The lowest BCUT2D eigenvalue weighted by atomic mass is 10.0. The molecular formula is C20H20N6O3. The van der Waals surface area contributed by atoms with Gasteiger partial charge in [-0.15, -0.1) is 0 Å². The molecule has 148 valence electrons. The number of ether oxygens (including phenoxy) is 1. The molecule has 0 atom stereocenters. The number of hydrogen-bond acceptors (Lipinski definition) is 7. The van der Waals surface area contributed by atoms with Gasteiger partial charge in [0.25, 0.3) is 0 Å². The number of hydrogen-bond donors (Lipinski definition) is 2. The van der Waals surface area contributed by atoms with Crippen molar-refractivity contribution in [1.82, 2.24) is 9.97 Å². The van der Waals surface area contributed by atoms with Gasteiger partial charge in [-0.1, -0.05) is 6.07 Å². The van der Waals surface area contributed by atoms with Crippen LogP contribution in [0.2, 0.25) is 0 Å². The zero-order valence-electron chi connectivity index (χ0n) is 15.9. The summed E-state index contributed by atoms with van der Waals surface area (Å²) in [5.74, 6) is 0.843. The number of aldehydes is 1. The SMILES string of the molecule is COCCNc1cc(NC(=O)N2CC3(CC3)c3ccc(C=O)nc32)ncc1C#N. The molecule has 2 aromatic rings. The second kappa shape index (κ2) is 7.48. The fraction of sp³-hybridized carbons (Fsp3) is 0.350. The van der Waals surface area contributed by atoms with Crippen molar-refractivity contribution in [3.8, 4) is 6.07 Å². The summed E-state index contributed by atoms with van der Waals surface area (Å²) in [6.45, 7) is 1.52. The Morgan fingerprint density at radius 1 is 1.45 bits per heavy atom. The van der Waals surface area contributed by atoms with Crippen LogP contribution >= 0.6 is 0 Å². The Morgan fingerprint density at radius 2 is 2.28 bits per heavy atom. The molecule has 3 heterocycles. The van der Waals surface area contributed by atoms with Crippen molar-refractivity contribution in [3.63, 3.8) is 0 Å². The van der Waals surface area contributed by atoms with Gasteiger partial charge < -0.3 is 10.1 Å². The summed E-state index contributed by atoms with van der Waals surface area (Å²) in [5.41, 5.74) is 2.19. The zero-order valence-corrected chi connectivity index (χ0v) is 15.9. The molecular weight excluding hydrogens is 372 g/mol. The lowest BCUT2D eigenvalue weighted by Gasteiger charge is -2.18. The van der Waals surface area contributed by atoms with E-state index in [0.717, 1.165) is 18.4 Å². The summed E-state index contributed by atoms with van der Waals surface area (Å²) in [6.07, 6.45) is 4.07. The molecule has 1 spiro atoms. The molecule has 2 aliphatic rings. The predicted molar refractivity (Wildman–Crippen MR) is 106 cm³/mol. The summed E-state index contributed by atoms with van der Waals surface area (Å²) in [5, 5.41) is 15.1. The number of fused-ring (bicyclic) bond motifs is 2. The number of nitrogens with one attached hydrogen (secondary N) is 2. The molecule has 0 saturated heterocycles. The highest BCUT2D eigenvalue weighted by molar-refractivity contribution is 6.03. The zero-order chi connectivity index (χ0) is 20.4. The fourth-order valence-corrected chi connectivity index (χ4v) is 3.58. The lowest BCUT2D eigenvalue weighted by Crippen LogP contribution is -2.36. The number of carbonyl (C=O) groups is 2. The van der Waals surface area contributed by atoms with Gasteiger partial charge in [-0.25, -0.2) is 14.8 Å². The standard InChI is InChI=1S/C20H20N6O3/c1-29-7-6-22-16-8-17(23-10-13(16)9-21)25-19(28)26-12-20(4-5-20)15-3-2-14(11-27)24-18(15)26/h2-3,8,10-11H,4-7,12H2,1H3,(H2,22,23,25,28). The van der Waals surface area contributed by atoms with Crippen LogP contribution in [0, 0.1) is 11.3 Å². The molecule has 9 nitrogen and oxygen atoms in total. The highest BCUT2D eigenvalue weighted by Gasteiger charge is 2.53. The largest absolute Gasteiger partial charge is 0.383 e. The van der Waals surface area contributed by atoms with Crippen LogP contribution in [0.15, 0.2) is 24.4 Å². The molecule has 0 bridgehead atoms. The van der Waals surface area contributed by atoms with Crippen LogP contribution in [-0.2, 0) is 10.2 Å². The van der Waals surface area contributed by atoms with Crippen molar-refractivity contribution < 1.29 is 14.3 Å². The molecule has 1 aliphatic heterocycles. The number of nitriles is 1. The number of urea groups is 1. The predicted octanol–water partition coefficient (Wildman–Crippen LogP) is 2.30. The molecule has 2 aromatic heterocycles. The van der Waals surface area contributed by atoms with Gasteiger partial charge in [-0.2, -0.15) is 5.26 Å². The minimum absolute atomic E-state index is 0.0496. The van der Waals surface area contributed by atoms with E-state index < -0.39 is 0 Å². The summed E-state index contributed by atoms with van der Waals surface area (Å²) >= 11 is 0. The average molecular weight is 392 g/mol. The summed E-state index contributed by atoms with van der Waals surface area (Å²) < 4.78 is 5.01. The van der Waals surface area contributed by atoms with Gasteiger partial charge >= 0.3 is 6.03 Å². The summed E-state index contributed by atoms with van der Waals surface area (Å²) in [6, 6.07) is 6.90. The Balaban J connectivity index is 1.55. The highest BCUT2D eigenvalue weighted by atomic mass is 16.5. The number of aromatic nitrogens is 2. The van der Waals surface area contributed by atoms with Gasteiger partial charge in [0, 0.05) is 43.4 Å². The van der Waals surface area contributed by atoms with Crippen molar-refractivity contribution in [3.05, 3.63) is 41.2 Å². The maximum atomic E-state index is 13.0. The third kappa shape index (κ3) is 3.50. The van der Waals surface area contributed by atoms with Crippen LogP contribution in [0.5, 0.6) is 0 Å². The lowest BCUT2D eigenvalue weighted by molar-refractivity contribution is 0.111. The maximum Gasteiger partial charge on any atom is 0.328 e. The molecule has 4 rings (SSSR count). The van der Waals surface area contributed by atoms with Crippen molar-refractivity contribution in [2.45, 2.75) is 18.3 Å². The van der Waals surface area contributed by atoms with Crippen LogP contribution in [0.25, 0.3) is 0 Å². The van der Waals surface area contributed by atoms with E-state index in [0.29, 0.717) is 54.6 Å². The van der Waals surface area contributed by atoms with E-state index in [9.17, 15) is 14.9 Å². The molecule has 1 saturated carbocycles. The quantitative estimate of drug-likeness (QED) is 0.572. The minimum Gasteiger partial charge on any atom is -0.383 e. The van der Waals surface area contributed by atoms with E-state index >= 15 is 0 Å². The van der Waals surface area contributed by atoms with Crippen molar-refractivity contribution in [1.29, 1.82) is 5.26 Å². The molecule has 29 heavy (non-hydrogen) atoms. The number of rotatable bonds is 6. The Morgan fingerprint density at radius 3 is 2.97 bits per heavy atom. The first-order valence-electron chi connectivity index (χ1n) is 9.28. The van der Waals surface area contributed by atoms with Crippen LogP contribution in [0.3, 0.4) is 0 Å². The van der Waals surface area contributed by atoms with Gasteiger partial charge in [0.05, 0.1) is 17.9 Å². The van der Waals surface area contributed by atoms with E-state index in [2.05, 4.69) is 26.7 Å². The normalized spacial score (nSPS) is 15.5. The smallest absolute Gasteiger partial charge is 0.328 e. The Bertz CT molecular complexity index is 1010. The number of methoxy groups -OCH3 is 1. The second-order valence-corrected chi connectivity index (χ2v) is 7.17. The van der Waals surface area contributed by atoms with Crippen molar-refractivity contribution >= 4 is 29.6 Å². The molecule has 0 unspecified atom stereocenters. The second-order valence-electron chi connectivity index (χ2n) is 7.17. The third-order valence-electron chi connectivity index (χ3n) is 5.28. The first-order chi connectivity index (χ1) is 14.1. The van der Waals surface area contributed by atoms with Crippen LogP contribution in [-0.4, -0.2) is 49.1 Å². The monoisotopic (exact) mass is 392 g/mol. The van der Waals surface area contributed by atoms with E-state index in [1.807, 2.05) is 6.07 Å². The number of carbonyl (C=O) groups excluding carboxylic acids is 2. The van der Waals surface area contributed by atoms with Crippen LogP contribution in [0.4, 0.5) is 22.1 Å². The van der Waals surface area contributed by atoms with Gasteiger partial charge in [0.2, 0.25) is 0 Å². The molecule has 2 amide bonds. The van der Waals surface area contributed by atoms with E-state index in [1.54, 1.807) is 24.1 Å². The number of nitrogens with zero attached hydrogens (tertiary/aromatic N) is 4. The van der Waals surface area contributed by atoms with Crippen molar-refractivity contribution in [2.24, 2.45) is 0 Å². The van der Waals surface area contributed by atoms with Gasteiger partial charge in [0.15, 0.2) is 6.29 Å². The van der Waals surface area contributed by atoms with Gasteiger partial charge in [-0.3, -0.25) is 15.0 Å². The highest BCUT2D eigenvalue weighted by Crippen LogP contribution is 2.55. The first kappa shape index (κ1) is 18.8. The van der Waals surface area contributed by atoms with E-state index in [1.165, 1.54) is 6.20 Å². The molecule has 9 heteroatoms. The number of amides is 2. The molecule has 2 N–H and O–H groups in total. The Hall–Kier alpha value is -3.51.